The highest BCUT2D eigenvalue weighted by atomic mass is 32.2. The standard InChI is InChI=1S/C29H22F6O2.C20H18O4S2.C18H38.C8H16.C8H18/c1-19-3-11-23(12-4-19)36-25-15-7-21(8-16-25)27(28(30,31)32,29(33,34)35)22-9-17-26(18-10-22)37-24-13-5-20(2)6-14-24;1-15-6-3-8-17(12-15)25(21,22)19-10-5-11-20(14-19)26(23,24)18-9-4-7-16(2)13-18;1-3-5-7-9-11-13-15-17-18-16-14-12-10-8-6-4-2;1-7-3-5-8(2)6-4-7;1-3-5-7-8-6-4-2/h3-18H,1-2H3;3-14H,1-2H3;3-18H2,1-2H3;7-8H,3-6H2,1-2H3;3-8H2,1-2H3. The highest BCUT2D eigenvalue weighted by Gasteiger charge is 2.72. The molecule has 0 heterocycles. The van der Waals surface area contributed by atoms with E-state index >= 15 is 0 Å². The third-order valence-electron chi connectivity index (χ3n) is 17.7. The maximum absolute atomic E-state index is 14.4. The quantitative estimate of drug-likeness (QED) is 0.0329. The SMILES string of the molecule is CC1CCC(C)CC1.CCCCCCCC.CCCCCCCCCCCCCCCCCC.Cc1ccc(Oc2ccc(C(c3ccc(Oc4ccc(C)cc4)cc3)(C(F)(F)F)C(F)(F)F)cc2)cc1.Cc1cccc(S(=O)(=O)c2cccc(S(=O)(=O)c3cccc(C)c3)c2)c1. The molecule has 0 atom stereocenters. The number of aryl methyl sites for hydroxylation is 4. The molecule has 97 heavy (non-hydrogen) atoms. The summed E-state index contributed by atoms with van der Waals surface area (Å²) >= 11 is 0. The normalized spacial score (nSPS) is 14.1. The van der Waals surface area contributed by atoms with E-state index in [9.17, 15) is 43.2 Å². The van der Waals surface area contributed by atoms with E-state index in [-0.39, 0.29) is 31.1 Å². The first-order valence-corrected chi connectivity index (χ1v) is 38.8. The van der Waals surface area contributed by atoms with Crippen molar-refractivity contribution >= 4 is 19.7 Å². The molecule has 1 saturated carbocycles. The lowest BCUT2D eigenvalue weighted by molar-refractivity contribution is -0.288. The average molecular weight is 1380 g/mol. The van der Waals surface area contributed by atoms with Crippen molar-refractivity contribution in [2.45, 2.75) is 274 Å². The monoisotopic (exact) mass is 1380 g/mol. The lowest BCUT2D eigenvalue weighted by Gasteiger charge is -2.38. The lowest BCUT2D eigenvalue weighted by atomic mass is 9.73. The van der Waals surface area contributed by atoms with Gasteiger partial charge in [0, 0.05) is 0 Å². The van der Waals surface area contributed by atoms with Gasteiger partial charge in [-0.1, -0.05) is 298 Å². The van der Waals surface area contributed by atoms with Gasteiger partial charge in [0.2, 0.25) is 25.1 Å². The van der Waals surface area contributed by atoms with Crippen LogP contribution >= 0.6 is 0 Å². The predicted octanol–water partition coefficient (Wildman–Crippen LogP) is 26.7. The number of unbranched alkanes of at least 4 members (excludes halogenated alkanes) is 20. The molecule has 6 nitrogen and oxygen atoms in total. The van der Waals surface area contributed by atoms with E-state index in [1.807, 2.05) is 13.8 Å². The molecule has 7 aromatic carbocycles. The fourth-order valence-electron chi connectivity index (χ4n) is 11.6. The zero-order valence-corrected chi connectivity index (χ0v) is 61.4. The Kier molecular flexibility index (Phi) is 37.0. The van der Waals surface area contributed by atoms with Crippen LogP contribution in [0.15, 0.2) is 189 Å². The number of halogens is 6. The first-order chi connectivity index (χ1) is 46.2. The van der Waals surface area contributed by atoms with Gasteiger partial charge in [-0.15, -0.1) is 0 Å². The van der Waals surface area contributed by atoms with Gasteiger partial charge in [0.15, 0.2) is 0 Å². The molecule has 14 heteroatoms. The summed E-state index contributed by atoms with van der Waals surface area (Å²) in [6.07, 6.45) is 26.4. The average Bonchev–Trinajstić information content (AvgIpc) is 0.720. The second-order valence-electron chi connectivity index (χ2n) is 26.5. The van der Waals surface area contributed by atoms with Crippen LogP contribution in [-0.4, -0.2) is 29.2 Å². The van der Waals surface area contributed by atoms with Crippen LogP contribution in [0.25, 0.3) is 0 Å². The molecule has 0 saturated heterocycles. The highest BCUT2D eigenvalue weighted by molar-refractivity contribution is 7.92. The van der Waals surface area contributed by atoms with Crippen molar-refractivity contribution in [3.63, 3.8) is 0 Å². The van der Waals surface area contributed by atoms with Gasteiger partial charge in [0.05, 0.1) is 19.6 Å². The molecule has 1 aliphatic carbocycles. The maximum Gasteiger partial charge on any atom is 0.411 e. The Hall–Kier alpha value is -6.38. The minimum absolute atomic E-state index is 0.0446. The van der Waals surface area contributed by atoms with E-state index in [2.05, 4.69) is 41.5 Å². The zero-order chi connectivity index (χ0) is 71.3. The van der Waals surface area contributed by atoms with Crippen molar-refractivity contribution < 1.29 is 52.7 Å². The second kappa shape index (κ2) is 43.2. The third-order valence-corrected chi connectivity index (χ3v) is 21.2. The predicted molar refractivity (Wildman–Crippen MR) is 389 cm³/mol. The molecule has 0 amide bonds. The zero-order valence-electron chi connectivity index (χ0n) is 59.7. The molecule has 7 aromatic rings. The van der Waals surface area contributed by atoms with Crippen molar-refractivity contribution in [3.8, 4) is 23.0 Å². The number of ether oxygens (including phenoxy) is 2. The summed E-state index contributed by atoms with van der Waals surface area (Å²) in [4.78, 5) is 0.193. The van der Waals surface area contributed by atoms with Gasteiger partial charge in [-0.25, -0.2) is 16.8 Å². The summed E-state index contributed by atoms with van der Waals surface area (Å²) in [5.41, 5.74) is -2.64. The Balaban J connectivity index is 0.000000289. The number of hydrogen-bond acceptors (Lipinski definition) is 6. The molecule has 534 valence electrons. The van der Waals surface area contributed by atoms with Gasteiger partial charge >= 0.3 is 12.4 Å². The van der Waals surface area contributed by atoms with Gasteiger partial charge in [-0.2, -0.15) is 26.3 Å². The van der Waals surface area contributed by atoms with Crippen LogP contribution in [-0.2, 0) is 25.1 Å². The first kappa shape index (κ1) is 83.0. The molecule has 0 spiro atoms. The summed E-state index contributed by atoms with van der Waals surface area (Å²) in [5, 5.41) is 0. The molecule has 0 aliphatic heterocycles. The van der Waals surface area contributed by atoms with Crippen molar-refractivity contribution in [1.82, 2.24) is 0 Å². The Bertz CT molecular complexity index is 3270. The highest BCUT2D eigenvalue weighted by Crippen LogP contribution is 2.56. The van der Waals surface area contributed by atoms with Crippen LogP contribution in [0.1, 0.15) is 242 Å². The Labute approximate surface area is 580 Å². The van der Waals surface area contributed by atoms with Crippen molar-refractivity contribution in [1.29, 1.82) is 0 Å². The maximum atomic E-state index is 14.4. The molecule has 0 unspecified atom stereocenters. The van der Waals surface area contributed by atoms with Crippen molar-refractivity contribution in [2.24, 2.45) is 11.8 Å². The van der Waals surface area contributed by atoms with Gasteiger partial charge in [0.1, 0.15) is 23.0 Å². The van der Waals surface area contributed by atoms with Crippen LogP contribution in [0.3, 0.4) is 0 Å². The minimum Gasteiger partial charge on any atom is -0.457 e. The molecule has 0 radical (unpaired) electrons. The van der Waals surface area contributed by atoms with Gasteiger partial charge in [0.25, 0.3) is 0 Å². The Morgan fingerprint density at radius 2 is 0.546 bits per heavy atom. The minimum atomic E-state index is -5.69. The van der Waals surface area contributed by atoms with E-state index in [0.29, 0.717) is 11.5 Å². The van der Waals surface area contributed by atoms with Gasteiger partial charge < -0.3 is 9.47 Å². The summed E-state index contributed by atoms with van der Waals surface area (Å²) in [5.74, 6) is 3.05. The first-order valence-electron chi connectivity index (χ1n) is 35.8. The van der Waals surface area contributed by atoms with Crippen LogP contribution in [0, 0.1) is 39.5 Å². The Morgan fingerprint density at radius 3 is 0.784 bits per heavy atom. The fourth-order valence-corrected chi connectivity index (χ4v) is 14.5. The topological polar surface area (TPSA) is 86.7 Å². The fraction of sp³-hybridized carbons (Fsp3) is 0.494. The van der Waals surface area contributed by atoms with Crippen molar-refractivity contribution in [3.05, 3.63) is 203 Å². The van der Waals surface area contributed by atoms with Crippen LogP contribution in [0.2, 0.25) is 0 Å². The third kappa shape index (κ3) is 28.4. The Morgan fingerprint density at radius 1 is 0.320 bits per heavy atom. The summed E-state index contributed by atoms with van der Waals surface area (Å²) in [7, 11) is -7.60. The van der Waals surface area contributed by atoms with E-state index < -0.39 is 48.6 Å². The van der Waals surface area contributed by atoms with E-state index in [4.69, 9.17) is 9.47 Å². The molecule has 1 aliphatic rings. The number of alkyl halides is 6. The van der Waals surface area contributed by atoms with E-state index in [1.54, 1.807) is 98.8 Å². The number of rotatable bonds is 30. The van der Waals surface area contributed by atoms with Crippen LogP contribution in [0.5, 0.6) is 23.0 Å². The van der Waals surface area contributed by atoms with Gasteiger partial charge in [-0.05, 0) is 153 Å². The van der Waals surface area contributed by atoms with Crippen LogP contribution < -0.4 is 9.47 Å². The number of sulfone groups is 2. The molecular weight excluding hydrogens is 1270 g/mol. The lowest BCUT2D eigenvalue weighted by Crippen LogP contribution is -2.54. The van der Waals surface area contributed by atoms with E-state index in [1.165, 1.54) is 203 Å². The smallest absolute Gasteiger partial charge is 0.411 e. The summed E-state index contributed by atoms with van der Waals surface area (Å²) < 4.78 is 149. The summed E-state index contributed by atoms with van der Waals surface area (Å²) in [6.45, 7) is 21.2. The molecule has 1 fully saturated rings. The van der Waals surface area contributed by atoms with Crippen LogP contribution in [0.4, 0.5) is 26.3 Å². The largest absolute Gasteiger partial charge is 0.457 e. The molecule has 0 aromatic heterocycles. The summed E-state index contributed by atoms with van der Waals surface area (Å²) in [6, 6.07) is 39.8. The molecule has 8 rings (SSSR count). The van der Waals surface area contributed by atoms with E-state index in [0.717, 1.165) is 82.6 Å². The second-order valence-corrected chi connectivity index (χ2v) is 30.4. The van der Waals surface area contributed by atoms with Gasteiger partial charge in [-0.3, -0.25) is 0 Å². The molecule has 0 N–H and O–H groups in total. The number of benzene rings is 7. The molecular formula is C83H112F6O6S2. The van der Waals surface area contributed by atoms with Crippen molar-refractivity contribution in [2.75, 3.05) is 0 Å². The molecule has 0 bridgehead atoms. The number of hydrogen-bond donors (Lipinski definition) is 0.